The molecule has 3 rings (SSSR count). The lowest BCUT2D eigenvalue weighted by molar-refractivity contribution is 0.0690. The molecule has 3 heterocycles. The van der Waals surface area contributed by atoms with Gasteiger partial charge in [0.1, 0.15) is 5.65 Å². The summed E-state index contributed by atoms with van der Waals surface area (Å²) < 4.78 is 1.62. The number of aliphatic hydroxyl groups is 1. The van der Waals surface area contributed by atoms with E-state index in [1.54, 1.807) is 16.7 Å². The number of rotatable bonds is 5. The van der Waals surface area contributed by atoms with E-state index in [-0.39, 0.29) is 18.3 Å². The molecule has 1 aliphatic rings. The van der Waals surface area contributed by atoms with Crippen molar-refractivity contribution in [2.75, 3.05) is 18.1 Å². The zero-order chi connectivity index (χ0) is 14.8. The van der Waals surface area contributed by atoms with Crippen LogP contribution in [-0.4, -0.2) is 44.8 Å². The molecule has 0 saturated carbocycles. The lowest BCUT2D eigenvalue weighted by atomic mass is 10.1. The molecule has 0 aromatic carbocycles. The lowest BCUT2D eigenvalue weighted by Crippen LogP contribution is -2.31. The number of nitrogens with zero attached hydrogens (tertiary/aromatic N) is 3. The van der Waals surface area contributed by atoms with E-state index in [0.29, 0.717) is 11.5 Å². The van der Waals surface area contributed by atoms with E-state index >= 15 is 0 Å². The number of aliphatic hydroxyl groups excluding tert-OH is 1. The molecule has 1 fully saturated rings. The van der Waals surface area contributed by atoms with Crippen LogP contribution in [0.3, 0.4) is 0 Å². The highest BCUT2D eigenvalue weighted by atomic mass is 16.4. The van der Waals surface area contributed by atoms with Gasteiger partial charge in [0.2, 0.25) is 0 Å². The smallest absolute Gasteiger partial charge is 0.356 e. The normalized spacial score (nSPS) is 18.5. The van der Waals surface area contributed by atoms with Crippen LogP contribution in [0.25, 0.3) is 5.65 Å². The Morgan fingerprint density at radius 2 is 2.29 bits per heavy atom. The van der Waals surface area contributed by atoms with Crippen molar-refractivity contribution in [1.29, 1.82) is 0 Å². The minimum Gasteiger partial charge on any atom is -0.476 e. The van der Waals surface area contributed by atoms with Crippen molar-refractivity contribution >= 4 is 17.4 Å². The fourth-order valence-electron chi connectivity index (χ4n) is 3.12. The summed E-state index contributed by atoms with van der Waals surface area (Å²) in [6.45, 7) is 0.988. The van der Waals surface area contributed by atoms with E-state index in [4.69, 9.17) is 5.11 Å². The van der Waals surface area contributed by atoms with Crippen molar-refractivity contribution < 1.29 is 15.0 Å². The highest BCUT2D eigenvalue weighted by Gasteiger charge is 2.31. The molecule has 0 spiro atoms. The van der Waals surface area contributed by atoms with Gasteiger partial charge in [0.15, 0.2) is 11.5 Å². The van der Waals surface area contributed by atoms with Gasteiger partial charge in [0.05, 0.1) is 0 Å². The van der Waals surface area contributed by atoms with Crippen LogP contribution in [0.15, 0.2) is 24.4 Å². The quantitative estimate of drug-likeness (QED) is 0.877. The third kappa shape index (κ3) is 2.47. The average Bonchev–Trinajstić information content (AvgIpc) is 3.08. The van der Waals surface area contributed by atoms with E-state index in [1.807, 2.05) is 12.1 Å². The predicted molar refractivity (Wildman–Crippen MR) is 78.8 cm³/mol. The molecule has 6 nitrogen and oxygen atoms in total. The number of carbonyl (C=O) groups is 1. The van der Waals surface area contributed by atoms with Crippen LogP contribution in [0.5, 0.6) is 0 Å². The molecule has 0 amide bonds. The van der Waals surface area contributed by atoms with Crippen molar-refractivity contribution in [3.05, 3.63) is 30.1 Å². The fourth-order valence-corrected chi connectivity index (χ4v) is 3.12. The molecule has 1 saturated heterocycles. The van der Waals surface area contributed by atoms with Crippen molar-refractivity contribution in [2.45, 2.75) is 31.7 Å². The van der Waals surface area contributed by atoms with Gasteiger partial charge in [0, 0.05) is 25.4 Å². The Bertz CT molecular complexity index is 653. The fraction of sp³-hybridized carbons (Fsp3) is 0.467. The number of imidazole rings is 1. The Labute approximate surface area is 122 Å². The first-order valence-electron chi connectivity index (χ1n) is 7.30. The zero-order valence-corrected chi connectivity index (χ0v) is 11.8. The standard InChI is InChI=1S/C15H19N3O3/c19-10-4-6-11-5-3-9-17(11)14-13(15(20)21)18-8-2-1-7-12(18)16-14/h1-2,7-8,11,19H,3-6,9-10H2,(H,20,21). The van der Waals surface area contributed by atoms with E-state index in [9.17, 15) is 9.90 Å². The third-order valence-corrected chi connectivity index (χ3v) is 4.06. The number of aromatic nitrogens is 2. The van der Waals surface area contributed by atoms with Crippen LogP contribution in [-0.2, 0) is 0 Å². The second kappa shape index (κ2) is 5.73. The second-order valence-corrected chi connectivity index (χ2v) is 5.37. The minimum atomic E-state index is -0.962. The molecule has 1 unspecified atom stereocenters. The summed E-state index contributed by atoms with van der Waals surface area (Å²) in [5, 5.41) is 18.6. The molecule has 2 aromatic rings. The van der Waals surface area contributed by atoms with Crippen LogP contribution in [0.2, 0.25) is 0 Å². The predicted octanol–water partition coefficient (Wildman–Crippen LogP) is 1.77. The molecule has 0 bridgehead atoms. The Morgan fingerprint density at radius 1 is 1.43 bits per heavy atom. The summed E-state index contributed by atoms with van der Waals surface area (Å²) in [5.41, 5.74) is 0.874. The van der Waals surface area contributed by atoms with Crippen molar-refractivity contribution in [3.8, 4) is 0 Å². The molecule has 2 N–H and O–H groups in total. The largest absolute Gasteiger partial charge is 0.476 e. The van der Waals surface area contributed by atoms with Crippen LogP contribution in [0.4, 0.5) is 5.82 Å². The van der Waals surface area contributed by atoms with Gasteiger partial charge >= 0.3 is 5.97 Å². The summed E-state index contributed by atoms with van der Waals surface area (Å²) in [4.78, 5) is 18.3. The van der Waals surface area contributed by atoms with Crippen molar-refractivity contribution in [1.82, 2.24) is 9.38 Å². The molecular formula is C15H19N3O3. The number of aromatic carboxylic acids is 1. The second-order valence-electron chi connectivity index (χ2n) is 5.37. The van der Waals surface area contributed by atoms with Crippen molar-refractivity contribution in [2.24, 2.45) is 0 Å². The van der Waals surface area contributed by atoms with Crippen LogP contribution >= 0.6 is 0 Å². The zero-order valence-electron chi connectivity index (χ0n) is 11.8. The number of anilines is 1. The first-order chi connectivity index (χ1) is 10.2. The summed E-state index contributed by atoms with van der Waals surface area (Å²) in [6, 6.07) is 5.73. The number of carboxylic acid groups (broad SMARTS) is 1. The Kier molecular flexibility index (Phi) is 3.79. The number of pyridine rings is 1. The molecule has 6 heteroatoms. The van der Waals surface area contributed by atoms with E-state index in [1.165, 1.54) is 0 Å². The maximum Gasteiger partial charge on any atom is 0.356 e. The number of hydrogen-bond acceptors (Lipinski definition) is 4. The number of carboxylic acids is 1. The highest BCUT2D eigenvalue weighted by Crippen LogP contribution is 2.30. The Balaban J connectivity index is 2.02. The number of fused-ring (bicyclic) bond motifs is 1. The maximum atomic E-state index is 11.6. The van der Waals surface area contributed by atoms with Gasteiger partial charge < -0.3 is 15.1 Å². The molecule has 112 valence electrons. The summed E-state index contributed by atoms with van der Waals surface area (Å²) in [7, 11) is 0. The van der Waals surface area contributed by atoms with Crippen LogP contribution in [0, 0.1) is 0 Å². The average molecular weight is 289 g/mol. The van der Waals surface area contributed by atoms with Gasteiger partial charge in [-0.3, -0.25) is 4.40 Å². The first-order valence-corrected chi connectivity index (χ1v) is 7.30. The lowest BCUT2D eigenvalue weighted by Gasteiger charge is -2.25. The van der Waals surface area contributed by atoms with E-state index in [2.05, 4.69) is 9.88 Å². The highest BCUT2D eigenvalue weighted by molar-refractivity contribution is 5.93. The molecule has 1 atom stereocenters. The van der Waals surface area contributed by atoms with Gasteiger partial charge in [-0.1, -0.05) is 6.07 Å². The molecular weight excluding hydrogens is 270 g/mol. The molecule has 0 aliphatic carbocycles. The van der Waals surface area contributed by atoms with Crippen molar-refractivity contribution in [3.63, 3.8) is 0 Å². The molecule has 1 aliphatic heterocycles. The summed E-state index contributed by atoms with van der Waals surface area (Å²) in [6.07, 6.45) is 5.38. The van der Waals surface area contributed by atoms with Crippen LogP contribution in [0.1, 0.15) is 36.2 Å². The first kappa shape index (κ1) is 13.9. The molecule has 2 aromatic heterocycles. The third-order valence-electron chi connectivity index (χ3n) is 4.06. The van der Waals surface area contributed by atoms with E-state index < -0.39 is 5.97 Å². The summed E-state index contributed by atoms with van der Waals surface area (Å²) in [5.74, 6) is -0.411. The Hall–Kier alpha value is -2.08. The van der Waals surface area contributed by atoms with E-state index in [0.717, 1.165) is 32.2 Å². The van der Waals surface area contributed by atoms with Gasteiger partial charge in [-0.15, -0.1) is 0 Å². The van der Waals surface area contributed by atoms with Crippen LogP contribution < -0.4 is 4.90 Å². The minimum absolute atomic E-state index is 0.168. The molecule has 0 radical (unpaired) electrons. The maximum absolute atomic E-state index is 11.6. The summed E-state index contributed by atoms with van der Waals surface area (Å²) >= 11 is 0. The van der Waals surface area contributed by atoms with Gasteiger partial charge in [0.25, 0.3) is 0 Å². The SMILES string of the molecule is O=C(O)c1c(N2CCCC2CCCO)nc2ccccn12. The van der Waals surface area contributed by atoms with Gasteiger partial charge in [-0.2, -0.15) is 0 Å². The topological polar surface area (TPSA) is 78.1 Å². The van der Waals surface area contributed by atoms with Gasteiger partial charge in [-0.25, -0.2) is 9.78 Å². The van der Waals surface area contributed by atoms with Gasteiger partial charge in [-0.05, 0) is 37.8 Å². The Morgan fingerprint density at radius 3 is 3.05 bits per heavy atom. The molecule has 21 heavy (non-hydrogen) atoms. The monoisotopic (exact) mass is 289 g/mol. The number of hydrogen-bond donors (Lipinski definition) is 2.